The topological polar surface area (TPSA) is 39.9 Å². The first-order valence-corrected chi connectivity index (χ1v) is 9.53. The number of aryl methyl sites for hydroxylation is 1. The highest BCUT2D eigenvalue weighted by atomic mass is 79.9. The summed E-state index contributed by atoms with van der Waals surface area (Å²) in [4.78, 5) is 8.56. The molecule has 0 bridgehead atoms. The maximum Gasteiger partial charge on any atom is 0.102 e. The van der Waals surface area contributed by atoms with Gasteiger partial charge in [0, 0.05) is 28.0 Å². The fourth-order valence-corrected chi connectivity index (χ4v) is 4.38. The van der Waals surface area contributed by atoms with Gasteiger partial charge in [0.25, 0.3) is 0 Å². The molecule has 0 aliphatic carbocycles. The van der Waals surface area contributed by atoms with Gasteiger partial charge in [-0.3, -0.25) is 0 Å². The third kappa shape index (κ3) is 4.37. The number of aromatic nitrogens is 3. The Morgan fingerprint density at radius 1 is 1.38 bits per heavy atom. The van der Waals surface area contributed by atoms with E-state index >= 15 is 0 Å². The molecule has 0 radical (unpaired) electrons. The Morgan fingerprint density at radius 3 is 2.83 bits per heavy atom. The van der Waals surface area contributed by atoms with Crippen LogP contribution in [0.5, 0.6) is 0 Å². The second kappa shape index (κ2) is 7.97. The highest BCUT2D eigenvalue weighted by Gasteiger charge is 2.18. The highest BCUT2D eigenvalue weighted by molar-refractivity contribution is 9.11. The highest BCUT2D eigenvalue weighted by Crippen LogP contribution is 2.32. The van der Waals surface area contributed by atoms with E-state index in [0.717, 1.165) is 20.1 Å². The molecule has 0 fully saturated rings. The van der Waals surface area contributed by atoms with Gasteiger partial charge in [-0.15, -0.1) is 11.3 Å². The molecule has 0 saturated carbocycles. The quantitative estimate of drug-likeness (QED) is 0.489. The van der Waals surface area contributed by atoms with E-state index in [1.807, 2.05) is 29.8 Å². The van der Waals surface area contributed by atoms with Gasteiger partial charge in [0.2, 0.25) is 0 Å². The van der Waals surface area contributed by atoms with Gasteiger partial charge >= 0.3 is 0 Å². The molecular formula is C16H14BrCl2N3OS. The van der Waals surface area contributed by atoms with Crippen molar-refractivity contribution in [2.75, 3.05) is 0 Å². The normalized spacial score (nSPS) is 12.5. The van der Waals surface area contributed by atoms with Crippen molar-refractivity contribution in [3.05, 3.63) is 67.0 Å². The van der Waals surface area contributed by atoms with Crippen LogP contribution in [-0.2, 0) is 17.9 Å². The third-order valence-electron chi connectivity index (χ3n) is 3.42. The monoisotopic (exact) mass is 445 g/mol. The Kier molecular flexibility index (Phi) is 5.94. The van der Waals surface area contributed by atoms with E-state index in [9.17, 15) is 0 Å². The van der Waals surface area contributed by atoms with Crippen molar-refractivity contribution in [3.8, 4) is 0 Å². The second-order valence-corrected chi connectivity index (χ2v) is 8.54. The lowest BCUT2D eigenvalue weighted by molar-refractivity contribution is 0.0262. The number of nitrogens with zero attached hydrogens (tertiary/aromatic N) is 3. The molecule has 0 N–H and O–H groups in total. The first-order chi connectivity index (χ1) is 11.5. The summed E-state index contributed by atoms with van der Waals surface area (Å²) in [7, 11) is 0. The summed E-state index contributed by atoms with van der Waals surface area (Å²) in [5.41, 5.74) is 1.77. The van der Waals surface area contributed by atoms with E-state index in [-0.39, 0.29) is 6.10 Å². The van der Waals surface area contributed by atoms with Crippen LogP contribution in [0, 0.1) is 6.92 Å². The fourth-order valence-electron chi connectivity index (χ4n) is 2.30. The van der Waals surface area contributed by atoms with Gasteiger partial charge in [-0.1, -0.05) is 29.3 Å². The molecule has 0 saturated heterocycles. The maximum absolute atomic E-state index is 6.37. The zero-order chi connectivity index (χ0) is 17.1. The molecule has 1 aromatic carbocycles. The molecule has 3 aromatic rings. The largest absolute Gasteiger partial charge is 0.365 e. The van der Waals surface area contributed by atoms with Crippen LogP contribution in [0.1, 0.15) is 22.4 Å². The molecule has 0 aliphatic heterocycles. The predicted molar refractivity (Wildman–Crippen MR) is 101 cm³/mol. The minimum atomic E-state index is -0.238. The lowest BCUT2D eigenvalue weighted by atomic mass is 10.1. The zero-order valence-corrected chi connectivity index (χ0v) is 16.7. The second-order valence-electron chi connectivity index (χ2n) is 5.18. The predicted octanol–water partition coefficient (Wildman–Crippen LogP) is 5.68. The summed E-state index contributed by atoms with van der Waals surface area (Å²) in [5, 5.41) is 2.18. The van der Waals surface area contributed by atoms with Crippen LogP contribution in [0.15, 0.2) is 40.7 Å². The number of ether oxygens (including phenoxy) is 1. The van der Waals surface area contributed by atoms with Crippen LogP contribution in [0.25, 0.3) is 0 Å². The molecule has 2 heterocycles. The van der Waals surface area contributed by atoms with Crippen LogP contribution in [-0.4, -0.2) is 14.5 Å². The molecule has 0 spiro atoms. The molecule has 1 unspecified atom stereocenters. The summed E-state index contributed by atoms with van der Waals surface area (Å²) in [6.07, 6.45) is 5.14. The van der Waals surface area contributed by atoms with Gasteiger partial charge in [0.1, 0.15) is 6.10 Å². The number of halogens is 3. The fraction of sp³-hybridized carbons (Fsp3) is 0.250. The van der Waals surface area contributed by atoms with E-state index in [1.54, 1.807) is 29.9 Å². The van der Waals surface area contributed by atoms with Crippen molar-refractivity contribution in [2.45, 2.75) is 26.2 Å². The molecule has 24 heavy (non-hydrogen) atoms. The van der Waals surface area contributed by atoms with Crippen LogP contribution in [0.3, 0.4) is 0 Å². The van der Waals surface area contributed by atoms with Gasteiger partial charge < -0.3 is 9.30 Å². The number of rotatable bonds is 6. The zero-order valence-electron chi connectivity index (χ0n) is 12.7. The minimum absolute atomic E-state index is 0.238. The molecule has 4 nitrogen and oxygen atoms in total. The Labute approximate surface area is 162 Å². The van der Waals surface area contributed by atoms with E-state index in [2.05, 4.69) is 25.9 Å². The van der Waals surface area contributed by atoms with E-state index in [4.69, 9.17) is 27.9 Å². The lowest BCUT2D eigenvalue weighted by Gasteiger charge is -2.20. The Balaban J connectivity index is 1.82. The van der Waals surface area contributed by atoms with Gasteiger partial charge in [0.15, 0.2) is 0 Å². The first-order valence-electron chi connectivity index (χ1n) is 7.17. The maximum atomic E-state index is 6.37. The van der Waals surface area contributed by atoms with Crippen molar-refractivity contribution in [1.29, 1.82) is 0 Å². The summed E-state index contributed by atoms with van der Waals surface area (Å²) in [6.45, 7) is 2.96. The number of thiazole rings is 1. The number of hydrogen-bond acceptors (Lipinski definition) is 4. The SMILES string of the molecule is Cc1nc(COC(Cn2ccnc2)c2ccc(Cl)cc2Cl)c(Br)s1. The van der Waals surface area contributed by atoms with Crippen molar-refractivity contribution in [2.24, 2.45) is 0 Å². The van der Waals surface area contributed by atoms with E-state index in [1.165, 1.54) is 0 Å². The van der Waals surface area contributed by atoms with Crippen molar-refractivity contribution in [1.82, 2.24) is 14.5 Å². The van der Waals surface area contributed by atoms with Crippen molar-refractivity contribution < 1.29 is 4.74 Å². The van der Waals surface area contributed by atoms with Crippen LogP contribution >= 0.6 is 50.5 Å². The molecule has 2 aromatic heterocycles. The summed E-state index contributed by atoms with van der Waals surface area (Å²) >= 11 is 17.5. The summed E-state index contributed by atoms with van der Waals surface area (Å²) in [5.74, 6) is 0. The smallest absolute Gasteiger partial charge is 0.102 e. The molecular weight excluding hydrogens is 433 g/mol. The number of hydrogen-bond donors (Lipinski definition) is 0. The first kappa shape index (κ1) is 17.9. The molecule has 3 rings (SSSR count). The summed E-state index contributed by atoms with van der Waals surface area (Å²) in [6, 6.07) is 5.44. The minimum Gasteiger partial charge on any atom is -0.365 e. The number of benzene rings is 1. The lowest BCUT2D eigenvalue weighted by Crippen LogP contribution is -2.13. The molecule has 0 amide bonds. The summed E-state index contributed by atoms with van der Waals surface area (Å²) < 4.78 is 9.09. The average molecular weight is 447 g/mol. The molecule has 1 atom stereocenters. The molecule has 0 aliphatic rings. The third-order valence-corrected chi connectivity index (χ3v) is 5.73. The Bertz CT molecular complexity index is 823. The van der Waals surface area contributed by atoms with E-state index in [0.29, 0.717) is 23.2 Å². The van der Waals surface area contributed by atoms with Gasteiger partial charge in [-0.2, -0.15) is 0 Å². The van der Waals surface area contributed by atoms with Gasteiger partial charge in [-0.25, -0.2) is 9.97 Å². The van der Waals surface area contributed by atoms with Crippen LogP contribution in [0.4, 0.5) is 0 Å². The van der Waals surface area contributed by atoms with Crippen molar-refractivity contribution >= 4 is 50.5 Å². The van der Waals surface area contributed by atoms with E-state index < -0.39 is 0 Å². The standard InChI is InChI=1S/C16H14BrCl2N3OS/c1-10-21-14(16(17)24-10)8-23-15(7-22-5-4-20-9-22)12-3-2-11(18)6-13(12)19/h2-6,9,15H,7-8H2,1H3. The van der Waals surface area contributed by atoms with Crippen LogP contribution in [0.2, 0.25) is 10.0 Å². The van der Waals surface area contributed by atoms with Crippen LogP contribution < -0.4 is 0 Å². The number of imidazole rings is 1. The molecule has 8 heteroatoms. The molecule has 126 valence electrons. The van der Waals surface area contributed by atoms with Crippen molar-refractivity contribution in [3.63, 3.8) is 0 Å². The van der Waals surface area contributed by atoms with Gasteiger partial charge in [0.05, 0.1) is 34.0 Å². The average Bonchev–Trinajstić information content (AvgIpc) is 3.13. The Morgan fingerprint density at radius 2 is 2.21 bits per heavy atom. The van der Waals surface area contributed by atoms with Gasteiger partial charge in [-0.05, 0) is 35.0 Å². The Hall–Kier alpha value is -0.920.